The predicted molar refractivity (Wildman–Crippen MR) is 78.1 cm³/mol. The molecule has 0 spiro atoms. The number of benzene rings is 1. The lowest BCUT2D eigenvalue weighted by molar-refractivity contribution is 0.258. The van der Waals surface area contributed by atoms with E-state index < -0.39 is 0 Å². The zero-order valence-electron chi connectivity index (χ0n) is 11.9. The fourth-order valence-electron chi connectivity index (χ4n) is 2.81. The van der Waals surface area contributed by atoms with Crippen molar-refractivity contribution in [2.45, 2.75) is 25.3 Å². The maximum Gasteiger partial charge on any atom is 0.123 e. The Morgan fingerprint density at radius 1 is 1.42 bits per heavy atom. The first-order valence-corrected chi connectivity index (χ1v) is 7.01. The molecule has 1 heterocycles. The first-order valence-electron chi connectivity index (χ1n) is 7.01. The number of nitrogens with zero attached hydrogens (tertiary/aromatic N) is 2. The van der Waals surface area contributed by atoms with E-state index in [1.165, 1.54) is 12.8 Å². The van der Waals surface area contributed by atoms with Crippen LogP contribution in [0.15, 0.2) is 18.2 Å². The SMILES string of the molecule is CN(C)C1CCCN(c2ccc(F)cc2CCN)C1. The number of piperidine rings is 1. The average molecular weight is 265 g/mol. The molecule has 1 aromatic carbocycles. The number of likely N-dealkylation sites (N-methyl/N-ethyl adjacent to an activating group) is 1. The Kier molecular flexibility index (Phi) is 4.77. The van der Waals surface area contributed by atoms with Crippen molar-refractivity contribution in [1.82, 2.24) is 4.90 Å². The van der Waals surface area contributed by atoms with Crippen molar-refractivity contribution in [2.75, 3.05) is 38.6 Å². The Morgan fingerprint density at radius 2 is 2.21 bits per heavy atom. The van der Waals surface area contributed by atoms with E-state index in [0.717, 1.165) is 30.8 Å². The molecule has 1 saturated heterocycles. The zero-order chi connectivity index (χ0) is 13.8. The molecule has 0 saturated carbocycles. The fourth-order valence-corrected chi connectivity index (χ4v) is 2.81. The van der Waals surface area contributed by atoms with Gasteiger partial charge in [0.2, 0.25) is 0 Å². The van der Waals surface area contributed by atoms with E-state index in [4.69, 9.17) is 5.73 Å². The van der Waals surface area contributed by atoms with Gasteiger partial charge in [0.05, 0.1) is 0 Å². The highest BCUT2D eigenvalue weighted by Crippen LogP contribution is 2.26. The summed E-state index contributed by atoms with van der Waals surface area (Å²) in [6, 6.07) is 5.65. The van der Waals surface area contributed by atoms with Gasteiger partial charge >= 0.3 is 0 Å². The summed E-state index contributed by atoms with van der Waals surface area (Å²) < 4.78 is 13.4. The summed E-state index contributed by atoms with van der Waals surface area (Å²) in [5.41, 5.74) is 7.82. The quantitative estimate of drug-likeness (QED) is 0.902. The molecule has 1 unspecified atom stereocenters. The van der Waals surface area contributed by atoms with Crippen molar-refractivity contribution in [2.24, 2.45) is 5.73 Å². The van der Waals surface area contributed by atoms with Crippen molar-refractivity contribution in [3.05, 3.63) is 29.6 Å². The van der Waals surface area contributed by atoms with Crippen LogP contribution in [0, 0.1) is 5.82 Å². The molecule has 1 atom stereocenters. The summed E-state index contributed by atoms with van der Waals surface area (Å²) in [7, 11) is 4.25. The van der Waals surface area contributed by atoms with E-state index in [9.17, 15) is 4.39 Å². The van der Waals surface area contributed by atoms with Gasteiger partial charge in [-0.1, -0.05) is 0 Å². The number of rotatable bonds is 4. The molecular formula is C15H24FN3. The lowest BCUT2D eigenvalue weighted by atomic mass is 10.0. The molecule has 1 aromatic rings. The Hall–Kier alpha value is -1.13. The molecule has 1 aliphatic heterocycles. The number of anilines is 1. The Bertz CT molecular complexity index is 420. The van der Waals surface area contributed by atoms with Gasteiger partial charge in [-0.15, -0.1) is 0 Å². The molecule has 3 nitrogen and oxygen atoms in total. The Morgan fingerprint density at radius 3 is 2.89 bits per heavy atom. The molecule has 0 aliphatic carbocycles. The Balaban J connectivity index is 2.20. The number of hydrogen-bond donors (Lipinski definition) is 1. The van der Waals surface area contributed by atoms with Gasteiger partial charge in [0.25, 0.3) is 0 Å². The molecule has 0 aromatic heterocycles. The smallest absolute Gasteiger partial charge is 0.123 e. The van der Waals surface area contributed by atoms with E-state index in [2.05, 4.69) is 23.9 Å². The maximum atomic E-state index is 13.4. The second-order valence-corrected chi connectivity index (χ2v) is 5.52. The number of nitrogens with two attached hydrogens (primary N) is 1. The third kappa shape index (κ3) is 3.45. The van der Waals surface area contributed by atoms with E-state index >= 15 is 0 Å². The van der Waals surface area contributed by atoms with Crippen molar-refractivity contribution in [3.8, 4) is 0 Å². The van der Waals surface area contributed by atoms with Gasteiger partial charge in [-0.3, -0.25) is 0 Å². The van der Waals surface area contributed by atoms with Gasteiger partial charge in [0.15, 0.2) is 0 Å². The normalized spacial score (nSPS) is 20.1. The van der Waals surface area contributed by atoms with E-state index in [1.54, 1.807) is 12.1 Å². The van der Waals surface area contributed by atoms with E-state index in [-0.39, 0.29) is 5.82 Å². The molecule has 0 radical (unpaired) electrons. The molecule has 4 heteroatoms. The maximum absolute atomic E-state index is 13.4. The summed E-state index contributed by atoms with van der Waals surface area (Å²) in [5.74, 6) is -0.173. The molecule has 2 rings (SSSR count). The van der Waals surface area contributed by atoms with Crippen molar-refractivity contribution < 1.29 is 4.39 Å². The van der Waals surface area contributed by atoms with Gasteiger partial charge in [0, 0.05) is 24.8 Å². The highest BCUT2D eigenvalue weighted by atomic mass is 19.1. The van der Waals surface area contributed by atoms with Crippen LogP contribution in [0.2, 0.25) is 0 Å². The van der Waals surface area contributed by atoms with Crippen molar-refractivity contribution >= 4 is 5.69 Å². The van der Waals surface area contributed by atoms with E-state index in [0.29, 0.717) is 12.6 Å². The minimum absolute atomic E-state index is 0.173. The molecule has 106 valence electrons. The number of halogens is 1. The summed E-state index contributed by atoms with van der Waals surface area (Å²) in [4.78, 5) is 4.65. The van der Waals surface area contributed by atoms with Crippen molar-refractivity contribution in [1.29, 1.82) is 0 Å². The zero-order valence-corrected chi connectivity index (χ0v) is 11.9. The van der Waals surface area contributed by atoms with Crippen LogP contribution in [0.3, 0.4) is 0 Å². The number of hydrogen-bond acceptors (Lipinski definition) is 3. The summed E-state index contributed by atoms with van der Waals surface area (Å²) >= 11 is 0. The van der Waals surface area contributed by atoms with Gasteiger partial charge < -0.3 is 15.5 Å². The molecular weight excluding hydrogens is 241 g/mol. The van der Waals surface area contributed by atoms with Crippen LogP contribution in [0.1, 0.15) is 18.4 Å². The second kappa shape index (κ2) is 6.35. The fraction of sp³-hybridized carbons (Fsp3) is 0.600. The first-order chi connectivity index (χ1) is 9.11. The summed E-state index contributed by atoms with van der Waals surface area (Å²) in [6.45, 7) is 2.62. The minimum Gasteiger partial charge on any atom is -0.370 e. The monoisotopic (exact) mass is 265 g/mol. The molecule has 19 heavy (non-hydrogen) atoms. The van der Waals surface area contributed by atoms with Crippen LogP contribution in [-0.4, -0.2) is 44.7 Å². The lowest BCUT2D eigenvalue weighted by Gasteiger charge is -2.38. The van der Waals surface area contributed by atoms with Crippen LogP contribution < -0.4 is 10.6 Å². The predicted octanol–water partition coefficient (Wildman–Crippen LogP) is 1.86. The minimum atomic E-state index is -0.173. The summed E-state index contributed by atoms with van der Waals surface area (Å²) in [5, 5.41) is 0. The van der Waals surface area contributed by atoms with Crippen LogP contribution in [-0.2, 0) is 6.42 Å². The largest absolute Gasteiger partial charge is 0.370 e. The van der Waals surface area contributed by atoms with Crippen LogP contribution >= 0.6 is 0 Å². The first kappa shape index (κ1) is 14.3. The summed E-state index contributed by atoms with van der Waals surface area (Å²) in [6.07, 6.45) is 3.15. The molecule has 1 aliphatic rings. The van der Waals surface area contributed by atoms with Crippen LogP contribution in [0.25, 0.3) is 0 Å². The topological polar surface area (TPSA) is 32.5 Å². The second-order valence-electron chi connectivity index (χ2n) is 5.52. The van der Waals surface area contributed by atoms with Gasteiger partial charge in [0.1, 0.15) is 5.82 Å². The van der Waals surface area contributed by atoms with Crippen LogP contribution in [0.5, 0.6) is 0 Å². The molecule has 1 fully saturated rings. The standard InChI is InChI=1S/C15H24FN3/c1-18(2)14-4-3-9-19(11-14)15-6-5-13(16)10-12(15)7-8-17/h5-6,10,14H,3-4,7-9,11,17H2,1-2H3. The lowest BCUT2D eigenvalue weighted by Crippen LogP contribution is -2.45. The highest BCUT2D eigenvalue weighted by molar-refractivity contribution is 5.54. The van der Waals surface area contributed by atoms with E-state index in [1.807, 2.05) is 6.07 Å². The Labute approximate surface area is 115 Å². The van der Waals surface area contributed by atoms with Gasteiger partial charge in [-0.25, -0.2) is 4.39 Å². The molecule has 2 N–H and O–H groups in total. The third-order valence-electron chi connectivity index (χ3n) is 3.92. The average Bonchev–Trinajstić information content (AvgIpc) is 2.39. The van der Waals surface area contributed by atoms with Gasteiger partial charge in [-0.05, 0) is 63.7 Å². The van der Waals surface area contributed by atoms with Crippen molar-refractivity contribution in [3.63, 3.8) is 0 Å². The van der Waals surface area contributed by atoms with Gasteiger partial charge in [-0.2, -0.15) is 0 Å². The molecule has 0 amide bonds. The third-order valence-corrected chi connectivity index (χ3v) is 3.92. The molecule has 0 bridgehead atoms. The van der Waals surface area contributed by atoms with Crippen LogP contribution in [0.4, 0.5) is 10.1 Å². The highest BCUT2D eigenvalue weighted by Gasteiger charge is 2.23.